The van der Waals surface area contributed by atoms with Crippen LogP contribution < -0.4 is 0 Å². The van der Waals surface area contributed by atoms with E-state index in [1.165, 1.54) is 25.3 Å². The molecule has 2 heterocycles. The first-order valence-corrected chi connectivity index (χ1v) is 10.0. The molecule has 0 saturated carbocycles. The van der Waals surface area contributed by atoms with Crippen molar-refractivity contribution >= 4 is 23.4 Å². The van der Waals surface area contributed by atoms with E-state index in [2.05, 4.69) is 0 Å². The number of hydrogen-bond acceptors (Lipinski definition) is 4. The van der Waals surface area contributed by atoms with Crippen molar-refractivity contribution in [1.82, 2.24) is 9.80 Å². The third-order valence-corrected chi connectivity index (χ3v) is 5.61. The molecule has 8 heteroatoms. The Labute approximate surface area is 169 Å². The van der Waals surface area contributed by atoms with Gasteiger partial charge in [-0.25, -0.2) is 4.39 Å². The molecule has 0 aromatic heterocycles. The number of hydrogen-bond donors (Lipinski definition) is 0. The highest BCUT2D eigenvalue weighted by Crippen LogP contribution is 2.25. The Morgan fingerprint density at radius 3 is 2.75 bits per heavy atom. The molecule has 1 atom stereocenters. The highest BCUT2D eigenvalue weighted by Gasteiger charge is 2.36. The molecule has 2 saturated heterocycles. The van der Waals surface area contributed by atoms with Gasteiger partial charge in [-0.1, -0.05) is 11.6 Å². The molecule has 2 fully saturated rings. The van der Waals surface area contributed by atoms with Gasteiger partial charge in [0.05, 0.1) is 5.56 Å². The van der Waals surface area contributed by atoms with Gasteiger partial charge in [-0.15, -0.1) is 0 Å². The fraction of sp³-hybridized carbons (Fsp3) is 0.600. The van der Waals surface area contributed by atoms with Crippen LogP contribution in [0, 0.1) is 5.82 Å². The predicted molar refractivity (Wildman–Crippen MR) is 103 cm³/mol. The third kappa shape index (κ3) is 4.82. The van der Waals surface area contributed by atoms with Gasteiger partial charge < -0.3 is 19.3 Å². The van der Waals surface area contributed by atoms with Crippen molar-refractivity contribution in [3.05, 3.63) is 34.6 Å². The number of carbonyl (C=O) groups excluding carboxylic acids is 2. The first-order valence-electron chi connectivity index (χ1n) is 9.63. The Hall–Kier alpha value is -1.70. The van der Waals surface area contributed by atoms with Crippen molar-refractivity contribution in [3.63, 3.8) is 0 Å². The summed E-state index contributed by atoms with van der Waals surface area (Å²) in [5.74, 6) is -1.06. The van der Waals surface area contributed by atoms with E-state index in [1.54, 1.807) is 4.90 Å². The minimum Gasteiger partial charge on any atom is -0.381 e. The van der Waals surface area contributed by atoms with E-state index in [-0.39, 0.29) is 30.2 Å². The topological polar surface area (TPSA) is 59.1 Å². The summed E-state index contributed by atoms with van der Waals surface area (Å²) in [6.45, 7) is 2.14. The maximum absolute atomic E-state index is 14.1. The van der Waals surface area contributed by atoms with Crippen LogP contribution in [0.15, 0.2) is 18.2 Å². The van der Waals surface area contributed by atoms with Gasteiger partial charge in [0, 0.05) is 50.5 Å². The summed E-state index contributed by atoms with van der Waals surface area (Å²) in [7, 11) is 1.50. The van der Waals surface area contributed by atoms with E-state index >= 15 is 0 Å². The summed E-state index contributed by atoms with van der Waals surface area (Å²) in [4.78, 5) is 29.2. The van der Waals surface area contributed by atoms with Gasteiger partial charge in [-0.3, -0.25) is 9.59 Å². The van der Waals surface area contributed by atoms with Gasteiger partial charge in [0.25, 0.3) is 5.91 Å². The van der Waals surface area contributed by atoms with Gasteiger partial charge >= 0.3 is 0 Å². The molecular weight excluding hydrogens is 387 g/mol. The zero-order valence-electron chi connectivity index (χ0n) is 16.0. The number of nitrogens with zero attached hydrogens (tertiary/aromatic N) is 2. The van der Waals surface area contributed by atoms with Crippen LogP contribution in [0.1, 0.15) is 36.0 Å². The maximum Gasteiger partial charge on any atom is 0.256 e. The highest BCUT2D eigenvalue weighted by atomic mass is 35.5. The molecule has 2 aliphatic rings. The maximum atomic E-state index is 14.1. The van der Waals surface area contributed by atoms with E-state index in [9.17, 15) is 14.0 Å². The van der Waals surface area contributed by atoms with Crippen molar-refractivity contribution in [2.75, 3.05) is 40.0 Å². The van der Waals surface area contributed by atoms with Crippen molar-refractivity contribution in [2.24, 2.45) is 0 Å². The number of amides is 2. The largest absolute Gasteiger partial charge is 0.381 e. The van der Waals surface area contributed by atoms with E-state index in [0.29, 0.717) is 31.3 Å². The third-order valence-electron chi connectivity index (χ3n) is 5.38. The normalized spacial score (nSPS) is 20.8. The first kappa shape index (κ1) is 21.0. The Bertz CT molecular complexity index is 711. The number of halogens is 2. The van der Waals surface area contributed by atoms with Crippen LogP contribution in [0.25, 0.3) is 0 Å². The lowest BCUT2D eigenvalue weighted by Crippen LogP contribution is -2.56. The van der Waals surface area contributed by atoms with Crippen molar-refractivity contribution in [1.29, 1.82) is 0 Å². The quantitative estimate of drug-likeness (QED) is 0.746. The molecular formula is C20H26ClFN2O4. The van der Waals surface area contributed by atoms with Crippen LogP contribution in [0.4, 0.5) is 4.39 Å². The van der Waals surface area contributed by atoms with Crippen molar-refractivity contribution < 1.29 is 23.5 Å². The second-order valence-electron chi connectivity index (χ2n) is 7.25. The second-order valence-corrected chi connectivity index (χ2v) is 7.69. The van der Waals surface area contributed by atoms with E-state index in [1.807, 2.05) is 4.90 Å². The fourth-order valence-electron chi connectivity index (χ4n) is 4.06. The molecule has 1 aromatic rings. The van der Waals surface area contributed by atoms with Gasteiger partial charge in [-0.05, 0) is 43.9 Å². The van der Waals surface area contributed by atoms with Gasteiger partial charge in [-0.2, -0.15) is 0 Å². The van der Waals surface area contributed by atoms with Crippen molar-refractivity contribution in [2.45, 2.75) is 37.8 Å². The van der Waals surface area contributed by atoms with Crippen LogP contribution >= 0.6 is 11.6 Å². The van der Waals surface area contributed by atoms with Gasteiger partial charge in [0.1, 0.15) is 12.4 Å². The summed E-state index contributed by atoms with van der Waals surface area (Å²) in [5, 5.41) is 0.317. The lowest BCUT2D eigenvalue weighted by molar-refractivity contribution is -0.143. The minimum atomic E-state index is -0.590. The number of rotatable bonds is 5. The van der Waals surface area contributed by atoms with Crippen LogP contribution in [0.2, 0.25) is 5.02 Å². The number of methoxy groups -OCH3 is 1. The number of likely N-dealkylation sites (tertiary alicyclic amines) is 1. The molecule has 6 nitrogen and oxygen atoms in total. The zero-order chi connectivity index (χ0) is 20.1. The van der Waals surface area contributed by atoms with Crippen LogP contribution in [0.5, 0.6) is 0 Å². The Morgan fingerprint density at radius 2 is 2.04 bits per heavy atom. The zero-order valence-corrected chi connectivity index (χ0v) is 16.8. The molecule has 0 N–H and O–H groups in total. The van der Waals surface area contributed by atoms with Gasteiger partial charge in [0.15, 0.2) is 0 Å². The molecule has 0 spiro atoms. The van der Waals surface area contributed by atoms with Crippen molar-refractivity contribution in [3.8, 4) is 0 Å². The standard InChI is InChI=1S/C20H26ClFN2O4/c1-27-13-19(25)24(15-6-9-28-10-7-15)16-3-2-8-23(12-16)20(26)17-11-14(21)4-5-18(17)22/h4-5,11,15-16H,2-3,6-10,12-13H2,1H3. The molecule has 154 valence electrons. The number of carbonyl (C=O) groups is 2. The molecule has 1 aromatic carbocycles. The predicted octanol–water partition coefficient (Wildman–Crippen LogP) is 2.74. The monoisotopic (exact) mass is 412 g/mol. The lowest BCUT2D eigenvalue weighted by Gasteiger charge is -2.44. The average molecular weight is 413 g/mol. The summed E-state index contributed by atoms with van der Waals surface area (Å²) in [5.41, 5.74) is -0.0333. The Kier molecular flexibility index (Phi) is 7.26. The smallest absolute Gasteiger partial charge is 0.256 e. The molecule has 0 radical (unpaired) electrons. The molecule has 2 amide bonds. The van der Waals surface area contributed by atoms with E-state index < -0.39 is 11.7 Å². The SMILES string of the molecule is COCC(=O)N(C1CCOCC1)C1CCCN(C(=O)c2cc(Cl)ccc2F)C1. The summed E-state index contributed by atoms with van der Waals surface area (Å²) < 4.78 is 24.7. The molecule has 28 heavy (non-hydrogen) atoms. The summed E-state index contributed by atoms with van der Waals surface area (Å²) >= 11 is 5.94. The molecule has 0 bridgehead atoms. The summed E-state index contributed by atoms with van der Waals surface area (Å²) in [6.07, 6.45) is 3.08. The number of benzene rings is 1. The van der Waals surface area contributed by atoms with Gasteiger partial charge in [0.2, 0.25) is 5.91 Å². The fourth-order valence-corrected chi connectivity index (χ4v) is 4.24. The van der Waals surface area contributed by atoms with Crippen LogP contribution in [-0.4, -0.2) is 73.7 Å². The molecule has 1 unspecified atom stereocenters. The minimum absolute atomic E-state index is 0.00469. The summed E-state index contributed by atoms with van der Waals surface area (Å²) in [6, 6.07) is 3.93. The van der Waals surface area contributed by atoms with E-state index in [0.717, 1.165) is 25.7 Å². The lowest BCUT2D eigenvalue weighted by atomic mass is 9.98. The van der Waals surface area contributed by atoms with E-state index in [4.69, 9.17) is 21.1 Å². The Morgan fingerprint density at radius 1 is 1.29 bits per heavy atom. The number of piperidine rings is 1. The van der Waals surface area contributed by atoms with Crippen LogP contribution in [0.3, 0.4) is 0 Å². The second kappa shape index (κ2) is 9.67. The average Bonchev–Trinajstić information content (AvgIpc) is 2.71. The molecule has 2 aliphatic heterocycles. The molecule has 0 aliphatic carbocycles. The van der Waals surface area contributed by atoms with Crippen LogP contribution in [-0.2, 0) is 14.3 Å². The highest BCUT2D eigenvalue weighted by molar-refractivity contribution is 6.31. The Balaban J connectivity index is 1.78. The number of ether oxygens (including phenoxy) is 2. The molecule has 3 rings (SSSR count). The first-order chi connectivity index (χ1) is 13.5.